The molecule has 0 saturated carbocycles. The van der Waals surface area contributed by atoms with Gasteiger partial charge in [-0.3, -0.25) is 4.79 Å². The summed E-state index contributed by atoms with van der Waals surface area (Å²) in [4.78, 5) is 20.6. The van der Waals surface area contributed by atoms with Crippen LogP contribution in [-0.4, -0.2) is 27.9 Å². The molecule has 2 atom stereocenters. The van der Waals surface area contributed by atoms with Gasteiger partial charge in [0.2, 0.25) is 5.91 Å². The Morgan fingerprint density at radius 3 is 3.04 bits per heavy atom. The lowest BCUT2D eigenvalue weighted by Gasteiger charge is -2.22. The number of carbonyl (C=O) groups is 1. The van der Waals surface area contributed by atoms with Crippen LogP contribution in [0.3, 0.4) is 0 Å². The largest absolute Gasteiger partial charge is 0.346 e. The number of carbonyl (C=O) groups excluding carboxylic acids is 1. The SMILES string of the molecule is CSCC[C@@H](NC(=O)C1CC=CCC1)c1nc2ccccc2[nH]1. The van der Waals surface area contributed by atoms with Gasteiger partial charge in [-0.25, -0.2) is 4.98 Å². The second-order valence-electron chi connectivity index (χ2n) is 5.96. The molecule has 23 heavy (non-hydrogen) atoms. The zero-order valence-corrected chi connectivity index (χ0v) is 14.2. The maximum absolute atomic E-state index is 12.6. The molecule has 122 valence electrons. The number of imidazole rings is 1. The summed E-state index contributed by atoms with van der Waals surface area (Å²) < 4.78 is 0. The summed E-state index contributed by atoms with van der Waals surface area (Å²) in [6.45, 7) is 0. The molecular formula is C18H23N3OS. The van der Waals surface area contributed by atoms with E-state index in [-0.39, 0.29) is 17.9 Å². The van der Waals surface area contributed by atoms with Crippen LogP contribution in [0, 0.1) is 5.92 Å². The first-order valence-corrected chi connectivity index (χ1v) is 9.56. The first-order valence-electron chi connectivity index (χ1n) is 8.17. The smallest absolute Gasteiger partial charge is 0.224 e. The first kappa shape index (κ1) is 16.1. The number of amides is 1. The van der Waals surface area contributed by atoms with E-state index in [0.29, 0.717) is 0 Å². The molecule has 1 aliphatic rings. The lowest BCUT2D eigenvalue weighted by Crippen LogP contribution is -2.35. The van der Waals surface area contributed by atoms with Crippen molar-refractivity contribution in [2.75, 3.05) is 12.0 Å². The van der Waals surface area contributed by atoms with E-state index in [1.54, 1.807) is 11.8 Å². The van der Waals surface area contributed by atoms with Crippen LogP contribution in [0.1, 0.15) is 37.5 Å². The van der Waals surface area contributed by atoms with E-state index in [1.807, 2.05) is 24.3 Å². The van der Waals surface area contributed by atoms with Crippen LogP contribution in [0.2, 0.25) is 0 Å². The molecule has 0 saturated heterocycles. The van der Waals surface area contributed by atoms with Crippen molar-refractivity contribution < 1.29 is 4.79 Å². The molecule has 4 nitrogen and oxygen atoms in total. The van der Waals surface area contributed by atoms with Crippen LogP contribution in [0.4, 0.5) is 0 Å². The Morgan fingerprint density at radius 1 is 1.43 bits per heavy atom. The van der Waals surface area contributed by atoms with E-state index >= 15 is 0 Å². The number of para-hydroxylation sites is 2. The molecule has 5 heteroatoms. The number of aromatic amines is 1. The Labute approximate surface area is 141 Å². The van der Waals surface area contributed by atoms with Crippen molar-refractivity contribution in [1.29, 1.82) is 0 Å². The van der Waals surface area contributed by atoms with E-state index in [0.717, 1.165) is 48.3 Å². The van der Waals surface area contributed by atoms with Crippen molar-refractivity contribution in [2.24, 2.45) is 5.92 Å². The molecule has 1 aliphatic carbocycles. The highest BCUT2D eigenvalue weighted by Gasteiger charge is 2.24. The summed E-state index contributed by atoms with van der Waals surface area (Å²) in [7, 11) is 0. The van der Waals surface area contributed by atoms with Crippen LogP contribution in [0.25, 0.3) is 11.0 Å². The summed E-state index contributed by atoms with van der Waals surface area (Å²) in [6, 6.07) is 7.94. The fraction of sp³-hybridized carbons (Fsp3) is 0.444. The highest BCUT2D eigenvalue weighted by Crippen LogP contribution is 2.23. The molecule has 1 unspecified atom stereocenters. The van der Waals surface area contributed by atoms with Gasteiger partial charge in [-0.15, -0.1) is 0 Å². The number of nitrogens with one attached hydrogen (secondary N) is 2. The van der Waals surface area contributed by atoms with Crippen molar-refractivity contribution in [3.05, 3.63) is 42.2 Å². The predicted molar refractivity (Wildman–Crippen MR) is 96.5 cm³/mol. The van der Waals surface area contributed by atoms with E-state index in [4.69, 9.17) is 0 Å². The highest BCUT2D eigenvalue weighted by molar-refractivity contribution is 7.98. The third kappa shape index (κ3) is 3.96. The summed E-state index contributed by atoms with van der Waals surface area (Å²) in [6.07, 6.45) is 10.0. The van der Waals surface area contributed by atoms with Gasteiger partial charge in [-0.05, 0) is 49.8 Å². The standard InChI is InChI=1S/C18H23N3OS/c1-23-12-11-16(21-18(22)13-7-3-2-4-8-13)17-19-14-9-5-6-10-15(14)20-17/h2-3,5-6,9-10,13,16H,4,7-8,11-12H2,1H3,(H,19,20)(H,21,22)/t13?,16-/m1/s1. The second kappa shape index (κ2) is 7.68. The number of hydrogen-bond acceptors (Lipinski definition) is 3. The Balaban J connectivity index is 1.76. The van der Waals surface area contributed by atoms with Crippen LogP contribution in [0.15, 0.2) is 36.4 Å². The number of allylic oxidation sites excluding steroid dienone is 2. The number of fused-ring (bicyclic) bond motifs is 1. The van der Waals surface area contributed by atoms with Crippen LogP contribution >= 0.6 is 11.8 Å². The molecule has 3 rings (SSSR count). The van der Waals surface area contributed by atoms with Gasteiger partial charge in [-0.2, -0.15) is 11.8 Å². The van der Waals surface area contributed by atoms with Gasteiger partial charge in [-0.1, -0.05) is 24.3 Å². The molecule has 0 bridgehead atoms. The molecule has 2 aromatic rings. The normalized spacial score (nSPS) is 18.9. The van der Waals surface area contributed by atoms with Gasteiger partial charge in [0.25, 0.3) is 0 Å². The van der Waals surface area contributed by atoms with E-state index < -0.39 is 0 Å². The van der Waals surface area contributed by atoms with Crippen LogP contribution < -0.4 is 5.32 Å². The predicted octanol–water partition coefficient (Wildman–Crippen LogP) is 3.83. The molecule has 1 amide bonds. The molecule has 1 heterocycles. The lowest BCUT2D eigenvalue weighted by molar-refractivity contribution is -0.126. The average molecular weight is 329 g/mol. The third-order valence-electron chi connectivity index (χ3n) is 4.30. The molecule has 0 aliphatic heterocycles. The monoisotopic (exact) mass is 329 g/mol. The second-order valence-corrected chi connectivity index (χ2v) is 6.95. The Bertz CT molecular complexity index is 661. The number of aromatic nitrogens is 2. The van der Waals surface area contributed by atoms with Gasteiger partial charge in [0.05, 0.1) is 17.1 Å². The molecular weight excluding hydrogens is 306 g/mol. The number of benzene rings is 1. The van der Waals surface area contributed by atoms with Crippen molar-refractivity contribution in [1.82, 2.24) is 15.3 Å². The van der Waals surface area contributed by atoms with Crippen molar-refractivity contribution >= 4 is 28.7 Å². The van der Waals surface area contributed by atoms with Gasteiger partial charge in [0.15, 0.2) is 0 Å². The zero-order chi connectivity index (χ0) is 16.1. The number of nitrogens with zero attached hydrogens (tertiary/aromatic N) is 1. The van der Waals surface area contributed by atoms with E-state index in [1.165, 1.54) is 0 Å². The number of rotatable bonds is 6. The van der Waals surface area contributed by atoms with Crippen LogP contribution in [0.5, 0.6) is 0 Å². The quantitative estimate of drug-likeness (QED) is 0.792. The zero-order valence-electron chi connectivity index (χ0n) is 13.4. The summed E-state index contributed by atoms with van der Waals surface area (Å²) in [5.74, 6) is 2.11. The van der Waals surface area contributed by atoms with Gasteiger partial charge in [0.1, 0.15) is 5.82 Å². The van der Waals surface area contributed by atoms with E-state index in [2.05, 4.69) is 33.7 Å². The minimum absolute atomic E-state index is 0.0479. The lowest BCUT2D eigenvalue weighted by atomic mass is 9.93. The van der Waals surface area contributed by atoms with Crippen molar-refractivity contribution in [2.45, 2.75) is 31.7 Å². The fourth-order valence-electron chi connectivity index (χ4n) is 2.97. The minimum Gasteiger partial charge on any atom is -0.346 e. The number of H-pyrrole nitrogens is 1. The molecule has 0 spiro atoms. The minimum atomic E-state index is -0.0479. The summed E-state index contributed by atoms with van der Waals surface area (Å²) in [5, 5.41) is 3.22. The number of thioether (sulfide) groups is 1. The summed E-state index contributed by atoms with van der Waals surface area (Å²) >= 11 is 1.79. The maximum atomic E-state index is 12.6. The topological polar surface area (TPSA) is 57.8 Å². The summed E-state index contributed by atoms with van der Waals surface area (Å²) in [5.41, 5.74) is 1.97. The molecule has 0 radical (unpaired) electrons. The van der Waals surface area contributed by atoms with Crippen molar-refractivity contribution in [3.8, 4) is 0 Å². The van der Waals surface area contributed by atoms with Gasteiger partial charge < -0.3 is 10.3 Å². The van der Waals surface area contributed by atoms with Gasteiger partial charge >= 0.3 is 0 Å². The third-order valence-corrected chi connectivity index (χ3v) is 4.95. The van der Waals surface area contributed by atoms with Gasteiger partial charge in [0, 0.05) is 5.92 Å². The molecule has 2 N–H and O–H groups in total. The van der Waals surface area contributed by atoms with Crippen molar-refractivity contribution in [3.63, 3.8) is 0 Å². The average Bonchev–Trinajstić information content (AvgIpc) is 3.03. The molecule has 1 aromatic carbocycles. The first-order chi connectivity index (χ1) is 11.3. The Morgan fingerprint density at radius 2 is 2.30 bits per heavy atom. The highest BCUT2D eigenvalue weighted by atomic mass is 32.2. The fourth-order valence-corrected chi connectivity index (χ4v) is 3.44. The Kier molecular flexibility index (Phi) is 5.39. The molecule has 0 fully saturated rings. The Hall–Kier alpha value is -1.75. The van der Waals surface area contributed by atoms with Crippen LogP contribution in [-0.2, 0) is 4.79 Å². The van der Waals surface area contributed by atoms with E-state index in [9.17, 15) is 4.79 Å². The number of hydrogen-bond donors (Lipinski definition) is 2. The maximum Gasteiger partial charge on any atom is 0.224 e. The molecule has 1 aromatic heterocycles.